The zero-order valence-electron chi connectivity index (χ0n) is 11.8. The van der Waals surface area contributed by atoms with Crippen LogP contribution in [0.2, 0.25) is 0 Å². The molecule has 0 aromatic heterocycles. The molecule has 0 aliphatic carbocycles. The van der Waals surface area contributed by atoms with Crippen LogP contribution in [0.3, 0.4) is 0 Å². The number of hydrogen-bond acceptors (Lipinski definition) is 3. The van der Waals surface area contributed by atoms with Crippen molar-refractivity contribution in [1.29, 1.82) is 0 Å². The molecule has 1 heterocycles. The quantitative estimate of drug-likeness (QED) is 0.781. The summed E-state index contributed by atoms with van der Waals surface area (Å²) in [5.41, 5.74) is 2.05. The Balaban J connectivity index is 2.16. The monoisotopic (exact) mass is 276 g/mol. The molecule has 1 amide bonds. The number of carboxylic acid groups (broad SMARTS) is 1. The van der Waals surface area contributed by atoms with Crippen LogP contribution in [0.5, 0.6) is 0 Å². The number of carbonyl (C=O) groups excluding carboxylic acids is 1. The van der Waals surface area contributed by atoms with Crippen LogP contribution in [-0.2, 0) is 0 Å². The number of rotatable bonds is 3. The maximum atomic E-state index is 12.2. The largest absolute Gasteiger partial charge is 0.478 e. The Hall–Kier alpha value is -1.88. The SMILES string of the molecule is Cc1cc(C(=O)NC2CCNCC2)cc(C)c1C(=O)O. The first-order valence-corrected chi connectivity index (χ1v) is 6.85. The third-order valence-electron chi connectivity index (χ3n) is 3.68. The van der Waals surface area contributed by atoms with Crippen LogP contribution in [0, 0.1) is 13.8 Å². The summed E-state index contributed by atoms with van der Waals surface area (Å²) in [4.78, 5) is 23.4. The van der Waals surface area contributed by atoms with Gasteiger partial charge in [0.1, 0.15) is 0 Å². The second-order valence-corrected chi connectivity index (χ2v) is 5.29. The molecule has 0 bridgehead atoms. The minimum atomic E-state index is -0.953. The number of benzene rings is 1. The molecule has 0 unspecified atom stereocenters. The molecular formula is C15H20N2O3. The van der Waals surface area contributed by atoms with E-state index in [-0.39, 0.29) is 17.5 Å². The molecule has 1 fully saturated rings. The van der Waals surface area contributed by atoms with Gasteiger partial charge in [-0.1, -0.05) is 0 Å². The van der Waals surface area contributed by atoms with Crippen molar-refractivity contribution in [3.8, 4) is 0 Å². The number of carbonyl (C=O) groups is 2. The summed E-state index contributed by atoms with van der Waals surface area (Å²) in [6, 6.07) is 3.49. The van der Waals surface area contributed by atoms with Gasteiger partial charge in [0, 0.05) is 11.6 Å². The number of hydrogen-bond donors (Lipinski definition) is 3. The Bertz CT molecular complexity index is 511. The standard InChI is InChI=1S/C15H20N2O3/c1-9-7-11(8-10(2)13(9)15(19)20)14(18)17-12-3-5-16-6-4-12/h7-8,12,16H,3-6H2,1-2H3,(H,17,18)(H,19,20). The van der Waals surface area contributed by atoms with Crippen LogP contribution in [0.1, 0.15) is 44.7 Å². The van der Waals surface area contributed by atoms with E-state index in [0.717, 1.165) is 25.9 Å². The van der Waals surface area contributed by atoms with E-state index in [2.05, 4.69) is 10.6 Å². The average molecular weight is 276 g/mol. The Morgan fingerprint density at radius 3 is 2.25 bits per heavy atom. The first-order chi connectivity index (χ1) is 9.49. The Morgan fingerprint density at radius 2 is 1.75 bits per heavy atom. The molecule has 108 valence electrons. The third kappa shape index (κ3) is 3.17. The van der Waals surface area contributed by atoms with Crippen LogP contribution in [-0.4, -0.2) is 36.1 Å². The molecule has 1 aliphatic heterocycles. The summed E-state index contributed by atoms with van der Waals surface area (Å²) in [6.07, 6.45) is 1.85. The molecule has 1 aliphatic rings. The summed E-state index contributed by atoms with van der Waals surface area (Å²) in [5.74, 6) is -1.08. The lowest BCUT2D eigenvalue weighted by Crippen LogP contribution is -2.42. The van der Waals surface area contributed by atoms with Crippen molar-refractivity contribution in [1.82, 2.24) is 10.6 Å². The molecule has 5 nitrogen and oxygen atoms in total. The molecule has 3 N–H and O–H groups in total. The number of nitrogens with one attached hydrogen (secondary N) is 2. The van der Waals surface area contributed by atoms with Gasteiger partial charge in [-0.15, -0.1) is 0 Å². The topological polar surface area (TPSA) is 78.4 Å². The number of amides is 1. The minimum Gasteiger partial charge on any atom is -0.478 e. The third-order valence-corrected chi connectivity index (χ3v) is 3.68. The van der Waals surface area contributed by atoms with Gasteiger partial charge in [0.05, 0.1) is 5.56 Å². The molecule has 2 rings (SSSR count). The van der Waals surface area contributed by atoms with Gasteiger partial charge < -0.3 is 15.7 Å². The summed E-state index contributed by atoms with van der Waals surface area (Å²) in [6.45, 7) is 5.28. The number of carboxylic acids is 1. The lowest BCUT2D eigenvalue weighted by Gasteiger charge is -2.24. The minimum absolute atomic E-state index is 0.125. The number of aromatic carboxylic acids is 1. The molecule has 0 atom stereocenters. The fraction of sp³-hybridized carbons (Fsp3) is 0.467. The smallest absolute Gasteiger partial charge is 0.336 e. The lowest BCUT2D eigenvalue weighted by atomic mass is 9.98. The Kier molecular flexibility index (Phi) is 4.39. The fourth-order valence-corrected chi connectivity index (χ4v) is 2.67. The second kappa shape index (κ2) is 6.05. The van der Waals surface area contributed by atoms with Gasteiger partial charge in [-0.05, 0) is 63.0 Å². The maximum absolute atomic E-state index is 12.2. The highest BCUT2D eigenvalue weighted by molar-refractivity contribution is 5.97. The molecular weight excluding hydrogens is 256 g/mol. The Morgan fingerprint density at radius 1 is 1.20 bits per heavy atom. The summed E-state index contributed by atoms with van der Waals surface area (Å²) < 4.78 is 0. The van der Waals surface area contributed by atoms with Crippen molar-refractivity contribution in [2.45, 2.75) is 32.7 Å². The van der Waals surface area contributed by atoms with Gasteiger partial charge in [0.25, 0.3) is 5.91 Å². The molecule has 20 heavy (non-hydrogen) atoms. The van der Waals surface area contributed by atoms with Crippen LogP contribution >= 0.6 is 0 Å². The highest BCUT2D eigenvalue weighted by atomic mass is 16.4. The van der Waals surface area contributed by atoms with E-state index in [1.54, 1.807) is 26.0 Å². The summed E-state index contributed by atoms with van der Waals surface area (Å²) in [7, 11) is 0. The van der Waals surface area contributed by atoms with Crippen molar-refractivity contribution in [3.05, 3.63) is 34.4 Å². The van der Waals surface area contributed by atoms with Crippen LogP contribution in [0.15, 0.2) is 12.1 Å². The lowest BCUT2D eigenvalue weighted by molar-refractivity contribution is 0.0694. The second-order valence-electron chi connectivity index (χ2n) is 5.29. The van der Waals surface area contributed by atoms with Gasteiger partial charge in [-0.3, -0.25) is 4.79 Å². The van der Waals surface area contributed by atoms with Crippen molar-refractivity contribution in [2.24, 2.45) is 0 Å². The van der Waals surface area contributed by atoms with E-state index in [1.165, 1.54) is 0 Å². The van der Waals surface area contributed by atoms with Crippen molar-refractivity contribution in [3.63, 3.8) is 0 Å². The normalized spacial score (nSPS) is 15.9. The highest BCUT2D eigenvalue weighted by Gasteiger charge is 2.19. The van der Waals surface area contributed by atoms with Crippen LogP contribution in [0.4, 0.5) is 0 Å². The molecule has 1 saturated heterocycles. The van der Waals surface area contributed by atoms with Crippen molar-refractivity contribution < 1.29 is 14.7 Å². The van der Waals surface area contributed by atoms with Crippen molar-refractivity contribution >= 4 is 11.9 Å². The van der Waals surface area contributed by atoms with E-state index < -0.39 is 5.97 Å². The molecule has 0 saturated carbocycles. The predicted octanol–water partition coefficient (Wildman–Crippen LogP) is 1.48. The van der Waals surface area contributed by atoms with Crippen LogP contribution in [0.25, 0.3) is 0 Å². The van der Waals surface area contributed by atoms with E-state index >= 15 is 0 Å². The zero-order valence-corrected chi connectivity index (χ0v) is 11.8. The first kappa shape index (κ1) is 14.5. The van der Waals surface area contributed by atoms with E-state index in [9.17, 15) is 9.59 Å². The van der Waals surface area contributed by atoms with Crippen LogP contribution < -0.4 is 10.6 Å². The molecule has 0 radical (unpaired) electrons. The molecule has 0 spiro atoms. The molecule has 1 aromatic rings. The number of piperidine rings is 1. The van der Waals surface area contributed by atoms with E-state index in [4.69, 9.17) is 5.11 Å². The van der Waals surface area contributed by atoms with Gasteiger partial charge in [-0.2, -0.15) is 0 Å². The summed E-state index contributed by atoms with van der Waals surface area (Å²) in [5, 5.41) is 15.4. The van der Waals surface area contributed by atoms with E-state index in [1.807, 2.05) is 0 Å². The van der Waals surface area contributed by atoms with Gasteiger partial charge in [0.15, 0.2) is 0 Å². The maximum Gasteiger partial charge on any atom is 0.336 e. The number of aryl methyl sites for hydroxylation is 2. The molecule has 5 heteroatoms. The van der Waals surface area contributed by atoms with Gasteiger partial charge >= 0.3 is 5.97 Å². The zero-order chi connectivity index (χ0) is 14.7. The first-order valence-electron chi connectivity index (χ1n) is 6.85. The summed E-state index contributed by atoms with van der Waals surface area (Å²) >= 11 is 0. The predicted molar refractivity (Wildman–Crippen MR) is 76.2 cm³/mol. The average Bonchev–Trinajstić information content (AvgIpc) is 2.38. The van der Waals surface area contributed by atoms with E-state index in [0.29, 0.717) is 16.7 Å². The highest BCUT2D eigenvalue weighted by Crippen LogP contribution is 2.17. The van der Waals surface area contributed by atoms with Gasteiger partial charge in [0.2, 0.25) is 0 Å². The van der Waals surface area contributed by atoms with Crippen molar-refractivity contribution in [2.75, 3.05) is 13.1 Å². The Labute approximate surface area is 118 Å². The fourth-order valence-electron chi connectivity index (χ4n) is 2.67. The molecule has 1 aromatic carbocycles. The van der Waals surface area contributed by atoms with Gasteiger partial charge in [-0.25, -0.2) is 4.79 Å².